The number of aromatic nitrogens is 1. The molecule has 50 heavy (non-hydrogen) atoms. The number of nitrogens with one attached hydrogen (secondary N) is 1. The standard InChI is InChI=1S/C29H48N4O15S2/c1-23-28(31-29(49-23)30-24(2)34)32(50(38)39)6-8-41-10-12-43-14-16-45-18-20-47-22-21-46-19-17-44-15-13-42-11-9-40-7-5-27(37)48-33-25(35)3-4-26(33)36/h3-22H2,1-2H3,(H,38,39)(H,30,31,34)/p-1. The van der Waals surface area contributed by atoms with Crippen LogP contribution in [0.4, 0.5) is 10.9 Å². The summed E-state index contributed by atoms with van der Waals surface area (Å²) >= 11 is -1.36. The second-order valence-corrected chi connectivity index (χ2v) is 12.2. The third kappa shape index (κ3) is 19.6. The van der Waals surface area contributed by atoms with E-state index in [2.05, 4.69) is 10.3 Å². The predicted molar refractivity (Wildman–Crippen MR) is 176 cm³/mol. The van der Waals surface area contributed by atoms with E-state index in [-0.39, 0.29) is 64.0 Å². The molecule has 1 aromatic rings. The van der Waals surface area contributed by atoms with Gasteiger partial charge in [0.1, 0.15) is 0 Å². The summed E-state index contributed by atoms with van der Waals surface area (Å²) in [6.07, 6.45) is 0.00945. The molecule has 1 saturated heterocycles. The van der Waals surface area contributed by atoms with Crippen molar-refractivity contribution in [1.29, 1.82) is 0 Å². The van der Waals surface area contributed by atoms with Crippen LogP contribution in [0.5, 0.6) is 0 Å². The summed E-state index contributed by atoms with van der Waals surface area (Å²) in [4.78, 5) is 55.2. The lowest BCUT2D eigenvalue weighted by Gasteiger charge is -2.24. The fourth-order valence-corrected chi connectivity index (χ4v) is 5.29. The van der Waals surface area contributed by atoms with Crippen LogP contribution in [0.1, 0.15) is 31.1 Å². The Balaban J connectivity index is 1.26. The van der Waals surface area contributed by atoms with Gasteiger partial charge in [0.05, 0.1) is 119 Å². The molecule has 3 amide bonds. The summed E-state index contributed by atoms with van der Waals surface area (Å²) in [6.45, 7) is 8.56. The van der Waals surface area contributed by atoms with Gasteiger partial charge in [-0.05, 0) is 6.92 Å². The number of hydrogen-bond acceptors (Lipinski definition) is 17. The minimum atomic E-state index is -2.55. The highest BCUT2D eigenvalue weighted by Gasteiger charge is 2.32. The highest BCUT2D eigenvalue weighted by molar-refractivity contribution is 7.80. The molecule has 1 atom stereocenters. The highest BCUT2D eigenvalue weighted by Crippen LogP contribution is 2.29. The molecule has 1 fully saturated rings. The first-order chi connectivity index (χ1) is 24.2. The third-order valence-electron chi connectivity index (χ3n) is 6.16. The van der Waals surface area contributed by atoms with Crippen LogP contribution in [0.25, 0.3) is 0 Å². The van der Waals surface area contributed by atoms with Gasteiger partial charge in [-0.1, -0.05) is 11.3 Å². The Hall–Kier alpha value is -2.70. The van der Waals surface area contributed by atoms with Gasteiger partial charge in [-0.15, -0.1) is 5.06 Å². The van der Waals surface area contributed by atoms with Gasteiger partial charge in [0.15, 0.2) is 10.9 Å². The van der Waals surface area contributed by atoms with Gasteiger partial charge in [-0.25, -0.2) is 9.78 Å². The van der Waals surface area contributed by atoms with Crippen LogP contribution in [-0.4, -0.2) is 155 Å². The lowest BCUT2D eigenvalue weighted by Crippen LogP contribution is -2.32. The number of aryl methyl sites for hydroxylation is 1. The Morgan fingerprint density at radius 1 is 0.760 bits per heavy atom. The van der Waals surface area contributed by atoms with Crippen molar-refractivity contribution in [3.63, 3.8) is 0 Å². The fraction of sp³-hybridized carbons (Fsp3) is 0.759. The molecule has 2 heterocycles. The monoisotopic (exact) mass is 755 g/mol. The van der Waals surface area contributed by atoms with Gasteiger partial charge in [0.2, 0.25) is 5.91 Å². The van der Waals surface area contributed by atoms with Crippen LogP contribution < -0.4 is 9.62 Å². The van der Waals surface area contributed by atoms with E-state index < -0.39 is 29.1 Å². The predicted octanol–water partition coefficient (Wildman–Crippen LogP) is 0.141. The summed E-state index contributed by atoms with van der Waals surface area (Å²) in [5.74, 6) is -1.79. The maximum Gasteiger partial charge on any atom is 0.335 e. The van der Waals surface area contributed by atoms with Gasteiger partial charge >= 0.3 is 5.97 Å². The number of imide groups is 1. The Labute approximate surface area is 297 Å². The SMILES string of the molecule is CC(=O)Nc1nc(N(CCOCCOCCOCCOCCOCCOCCOCCOCCC(=O)ON2C(=O)CCC2=O)S(=O)[O-])c(C)s1. The van der Waals surface area contributed by atoms with E-state index in [0.717, 1.165) is 4.31 Å². The molecule has 1 N–H and O–H groups in total. The Morgan fingerprint density at radius 2 is 1.16 bits per heavy atom. The van der Waals surface area contributed by atoms with Gasteiger partial charge in [0.25, 0.3) is 11.8 Å². The molecule has 1 aliphatic heterocycles. The Bertz CT molecular complexity index is 1160. The summed E-state index contributed by atoms with van der Waals surface area (Å²) in [5, 5.41) is 3.39. The van der Waals surface area contributed by atoms with Gasteiger partial charge < -0.3 is 52.6 Å². The second kappa shape index (κ2) is 27.0. The maximum atomic E-state index is 11.7. The molecule has 1 unspecified atom stereocenters. The van der Waals surface area contributed by atoms with E-state index >= 15 is 0 Å². The number of thiazole rings is 1. The van der Waals surface area contributed by atoms with E-state index in [9.17, 15) is 27.9 Å². The zero-order valence-corrected chi connectivity index (χ0v) is 30.1. The largest absolute Gasteiger partial charge is 0.755 e. The van der Waals surface area contributed by atoms with Crippen LogP contribution in [0, 0.1) is 6.92 Å². The molecule has 21 heteroatoms. The van der Waals surface area contributed by atoms with Crippen LogP contribution in [0.3, 0.4) is 0 Å². The summed E-state index contributed by atoms with van der Waals surface area (Å²) in [7, 11) is 0. The van der Waals surface area contributed by atoms with Gasteiger partial charge in [-0.3, -0.25) is 22.9 Å². The van der Waals surface area contributed by atoms with Gasteiger partial charge in [0, 0.05) is 35.9 Å². The number of hydrogen-bond donors (Lipinski definition) is 1. The van der Waals surface area contributed by atoms with Crippen LogP contribution in [-0.2, 0) is 73.2 Å². The normalized spacial score (nSPS) is 13.6. The molecule has 1 aliphatic rings. The molecule has 1 aromatic heterocycles. The van der Waals surface area contributed by atoms with Crippen molar-refractivity contribution in [2.45, 2.75) is 33.1 Å². The molecule has 0 saturated carbocycles. The molecule has 0 spiro atoms. The van der Waals surface area contributed by atoms with Crippen LogP contribution in [0.2, 0.25) is 0 Å². The first-order valence-electron chi connectivity index (χ1n) is 16.0. The van der Waals surface area contributed by atoms with E-state index in [1.807, 2.05) is 0 Å². The van der Waals surface area contributed by atoms with Crippen molar-refractivity contribution >= 4 is 57.2 Å². The average Bonchev–Trinajstić information content (AvgIpc) is 3.58. The molecule has 286 valence electrons. The molecule has 0 bridgehead atoms. The van der Waals surface area contributed by atoms with Crippen LogP contribution >= 0.6 is 11.3 Å². The summed E-state index contributed by atoms with van der Waals surface area (Å²) < 4.78 is 67.7. The number of hydroxylamine groups is 2. The Morgan fingerprint density at radius 3 is 1.56 bits per heavy atom. The summed E-state index contributed by atoms with van der Waals surface area (Å²) in [5.41, 5.74) is 0. The van der Waals surface area contributed by atoms with E-state index in [1.165, 1.54) is 18.3 Å². The minimum absolute atomic E-state index is 0.0487. The Kier molecular flexibility index (Phi) is 23.5. The number of carbonyl (C=O) groups excluding carboxylic acids is 4. The number of carbonyl (C=O) groups is 4. The van der Waals surface area contributed by atoms with Crippen molar-refractivity contribution in [3.05, 3.63) is 4.88 Å². The van der Waals surface area contributed by atoms with Crippen molar-refractivity contribution in [3.8, 4) is 0 Å². The first-order valence-corrected chi connectivity index (χ1v) is 17.8. The average molecular weight is 756 g/mol. The third-order valence-corrected chi connectivity index (χ3v) is 7.75. The number of nitrogens with zero attached hydrogens (tertiary/aromatic N) is 3. The van der Waals surface area contributed by atoms with Gasteiger partial charge in [-0.2, -0.15) is 0 Å². The molecule has 0 aliphatic carbocycles. The second-order valence-electron chi connectivity index (χ2n) is 10.1. The molecule has 2 rings (SSSR count). The number of amides is 3. The number of anilines is 2. The molecule has 0 aromatic carbocycles. The highest BCUT2D eigenvalue weighted by atomic mass is 32.2. The smallest absolute Gasteiger partial charge is 0.335 e. The van der Waals surface area contributed by atoms with Crippen molar-refractivity contribution in [2.75, 3.05) is 122 Å². The number of ether oxygens (including phenoxy) is 8. The summed E-state index contributed by atoms with van der Waals surface area (Å²) in [6, 6.07) is 0. The topological polar surface area (TPSA) is 223 Å². The fourth-order valence-electron chi connectivity index (χ4n) is 3.82. The van der Waals surface area contributed by atoms with Crippen molar-refractivity contribution < 1.29 is 70.7 Å². The van der Waals surface area contributed by atoms with E-state index in [0.29, 0.717) is 94.4 Å². The first kappa shape index (κ1) is 43.5. The maximum absolute atomic E-state index is 11.7. The lowest BCUT2D eigenvalue weighted by molar-refractivity contribution is -0.198. The lowest BCUT2D eigenvalue weighted by atomic mass is 10.4. The zero-order valence-electron chi connectivity index (χ0n) is 28.4. The van der Waals surface area contributed by atoms with Crippen LogP contribution in [0.15, 0.2) is 0 Å². The molecular formula is C29H47N4O15S2-. The zero-order chi connectivity index (χ0) is 36.4. The molecule has 19 nitrogen and oxygen atoms in total. The van der Waals surface area contributed by atoms with Crippen molar-refractivity contribution in [2.24, 2.45) is 0 Å². The van der Waals surface area contributed by atoms with E-state index in [4.69, 9.17) is 42.7 Å². The number of rotatable bonds is 31. The molecular weight excluding hydrogens is 708 g/mol. The molecule has 0 radical (unpaired) electrons. The van der Waals surface area contributed by atoms with E-state index in [1.54, 1.807) is 6.92 Å². The quantitative estimate of drug-likeness (QED) is 0.0605. The van der Waals surface area contributed by atoms with Crippen molar-refractivity contribution in [1.82, 2.24) is 10.0 Å². The minimum Gasteiger partial charge on any atom is -0.755 e.